The van der Waals surface area contributed by atoms with Crippen LogP contribution in [0.3, 0.4) is 0 Å². The third kappa shape index (κ3) is 9.01. The number of carbonyl (C=O) groups is 2. The lowest BCUT2D eigenvalue weighted by atomic mass is 9.73. The molecule has 0 bridgehead atoms. The van der Waals surface area contributed by atoms with Gasteiger partial charge >= 0.3 is 11.9 Å². The quantitative estimate of drug-likeness (QED) is 0.148. The van der Waals surface area contributed by atoms with Gasteiger partial charge in [-0.05, 0) is 94.3 Å². The molecule has 0 aliphatic heterocycles. The molecular formula is C33H42F2N5O5+. The summed E-state index contributed by atoms with van der Waals surface area (Å²) >= 11 is 0. The van der Waals surface area contributed by atoms with Crippen molar-refractivity contribution in [1.82, 2.24) is 15.0 Å². The highest BCUT2D eigenvalue weighted by Crippen LogP contribution is 2.41. The first-order valence-electron chi connectivity index (χ1n) is 15.1. The third-order valence-electron chi connectivity index (χ3n) is 8.11. The minimum absolute atomic E-state index is 0.0711. The number of hydrogen-bond donors (Lipinski definition) is 2. The number of alkyl halides is 2. The Bertz CT molecular complexity index is 1470. The molecule has 2 N–H and O–H groups in total. The van der Waals surface area contributed by atoms with Crippen LogP contribution in [-0.4, -0.2) is 70.5 Å². The van der Waals surface area contributed by atoms with Crippen LogP contribution in [-0.2, 0) is 24.7 Å². The van der Waals surface area contributed by atoms with E-state index in [0.717, 1.165) is 11.1 Å². The second-order valence-electron chi connectivity index (χ2n) is 12.4. The highest BCUT2D eigenvalue weighted by atomic mass is 19.3. The number of aromatic nitrogens is 3. The number of esters is 2. The number of aliphatic hydroxyl groups is 1. The number of nitrogens with zero attached hydrogens (tertiary/aromatic N) is 4. The Morgan fingerprint density at radius 2 is 1.80 bits per heavy atom. The van der Waals surface area contributed by atoms with Gasteiger partial charge in [0.15, 0.2) is 6.54 Å². The Morgan fingerprint density at radius 3 is 2.44 bits per heavy atom. The monoisotopic (exact) mass is 626 g/mol. The third-order valence-corrected chi connectivity index (χ3v) is 8.11. The van der Waals surface area contributed by atoms with E-state index >= 15 is 0 Å². The zero-order chi connectivity index (χ0) is 32.8. The average molecular weight is 627 g/mol. The highest BCUT2D eigenvalue weighted by Gasteiger charge is 2.39. The lowest BCUT2D eigenvalue weighted by Crippen LogP contribution is -2.47. The summed E-state index contributed by atoms with van der Waals surface area (Å²) in [4.78, 5) is 37.9. The molecule has 1 atom stereocenters. The van der Waals surface area contributed by atoms with E-state index < -0.39 is 12.0 Å². The molecule has 12 heteroatoms. The zero-order valence-corrected chi connectivity index (χ0v) is 26.4. The number of halogens is 2. The predicted molar refractivity (Wildman–Crippen MR) is 164 cm³/mol. The van der Waals surface area contributed by atoms with Gasteiger partial charge in [0.05, 0.1) is 38.0 Å². The number of aryl methyl sites for hydroxylation is 1. The topological polar surface area (TPSA) is 124 Å². The Balaban J connectivity index is 1.36. The van der Waals surface area contributed by atoms with Crippen molar-refractivity contribution in [3.8, 4) is 11.3 Å². The molecule has 1 aliphatic rings. The largest absolute Gasteiger partial charge is 0.462 e. The van der Waals surface area contributed by atoms with Crippen molar-refractivity contribution >= 4 is 23.6 Å². The van der Waals surface area contributed by atoms with Crippen LogP contribution in [0.1, 0.15) is 62.8 Å². The van der Waals surface area contributed by atoms with Crippen LogP contribution in [0.25, 0.3) is 11.3 Å². The van der Waals surface area contributed by atoms with E-state index in [9.17, 15) is 23.5 Å². The number of hydrogen-bond acceptors (Lipinski definition) is 9. The molecule has 10 nitrogen and oxygen atoms in total. The van der Waals surface area contributed by atoms with E-state index in [1.165, 1.54) is 18.3 Å². The maximum atomic E-state index is 13.1. The van der Waals surface area contributed by atoms with E-state index in [0.29, 0.717) is 49.5 Å². The fourth-order valence-electron chi connectivity index (χ4n) is 5.56. The minimum atomic E-state index is -2.60. The summed E-state index contributed by atoms with van der Waals surface area (Å²) in [5.74, 6) is -0.271. The fourth-order valence-corrected chi connectivity index (χ4v) is 5.56. The first kappa shape index (κ1) is 33.9. The maximum Gasteiger partial charge on any atom is 0.361 e. The Labute approximate surface area is 262 Å². The summed E-state index contributed by atoms with van der Waals surface area (Å²) in [5.41, 5.74) is 1.44. The molecule has 3 aromatic heterocycles. The molecule has 0 radical (unpaired) electrons. The van der Waals surface area contributed by atoms with Crippen LogP contribution in [0.5, 0.6) is 0 Å². The van der Waals surface area contributed by atoms with Crippen molar-refractivity contribution in [2.45, 2.75) is 58.5 Å². The molecule has 1 saturated carbocycles. The van der Waals surface area contributed by atoms with Crippen molar-refractivity contribution in [2.24, 2.45) is 11.8 Å². The lowest BCUT2D eigenvalue weighted by Gasteiger charge is -2.37. The second-order valence-corrected chi connectivity index (χ2v) is 12.4. The fraction of sp³-hybridized carbons (Fsp3) is 0.485. The van der Waals surface area contributed by atoms with Crippen LogP contribution in [0.2, 0.25) is 0 Å². The van der Waals surface area contributed by atoms with E-state index in [1.54, 1.807) is 46.3 Å². The van der Waals surface area contributed by atoms with Gasteiger partial charge in [-0.15, -0.1) is 0 Å². The van der Waals surface area contributed by atoms with Gasteiger partial charge in [0.25, 0.3) is 6.43 Å². The van der Waals surface area contributed by atoms with Gasteiger partial charge < -0.3 is 19.9 Å². The van der Waals surface area contributed by atoms with Crippen molar-refractivity contribution in [3.63, 3.8) is 0 Å². The van der Waals surface area contributed by atoms with Crippen LogP contribution in [0.15, 0.2) is 48.8 Å². The van der Waals surface area contributed by atoms with Crippen LogP contribution >= 0.6 is 0 Å². The first-order chi connectivity index (χ1) is 21.3. The average Bonchev–Trinajstić information content (AvgIpc) is 2.99. The molecule has 0 unspecified atom stereocenters. The van der Waals surface area contributed by atoms with Crippen molar-refractivity contribution < 1.29 is 37.4 Å². The molecule has 1 aliphatic carbocycles. The number of pyridine rings is 3. The predicted octanol–water partition coefficient (Wildman–Crippen LogP) is 5.68. The number of carbonyl (C=O) groups excluding carboxylic acids is 2. The second kappa shape index (κ2) is 14.4. The summed E-state index contributed by atoms with van der Waals surface area (Å²) < 4.78 is 36.9. The molecular weight excluding hydrogens is 584 g/mol. The Kier molecular flexibility index (Phi) is 10.8. The first-order valence-corrected chi connectivity index (χ1v) is 15.1. The molecule has 1 fully saturated rings. The van der Waals surface area contributed by atoms with Gasteiger partial charge in [-0.2, -0.15) is 0 Å². The van der Waals surface area contributed by atoms with Crippen molar-refractivity contribution in [2.75, 3.05) is 39.3 Å². The molecule has 4 rings (SSSR count). The van der Waals surface area contributed by atoms with Gasteiger partial charge in [0, 0.05) is 23.5 Å². The highest BCUT2D eigenvalue weighted by molar-refractivity contribution is 5.72. The molecule has 0 saturated heterocycles. The van der Waals surface area contributed by atoms with Gasteiger partial charge in [0.1, 0.15) is 17.2 Å². The summed E-state index contributed by atoms with van der Waals surface area (Å²) in [6.07, 6.45) is 2.81. The Hall–Kier alpha value is -4.03. The summed E-state index contributed by atoms with van der Waals surface area (Å²) in [6.45, 7) is 5.88. The molecule has 45 heavy (non-hydrogen) atoms. The van der Waals surface area contributed by atoms with E-state index in [4.69, 9.17) is 9.47 Å². The van der Waals surface area contributed by atoms with Crippen molar-refractivity contribution in [3.05, 3.63) is 65.6 Å². The van der Waals surface area contributed by atoms with Gasteiger partial charge in [-0.1, -0.05) is 0 Å². The number of likely N-dealkylation sites (N-methyl/N-ethyl adjacent to an activating group) is 1. The van der Waals surface area contributed by atoms with Gasteiger partial charge in [0.2, 0.25) is 6.73 Å². The normalized spacial score (nSPS) is 18.2. The molecule has 0 aromatic carbocycles. The zero-order valence-electron chi connectivity index (χ0n) is 26.4. The molecule has 242 valence electrons. The van der Waals surface area contributed by atoms with Gasteiger partial charge in [-0.3, -0.25) is 14.3 Å². The van der Waals surface area contributed by atoms with Crippen LogP contribution in [0, 0.1) is 18.8 Å². The lowest BCUT2D eigenvalue weighted by molar-refractivity contribution is -0.900. The number of quaternary nitrogens is 1. The smallest absolute Gasteiger partial charge is 0.361 e. The molecule has 0 spiro atoms. The molecule has 3 heterocycles. The summed E-state index contributed by atoms with van der Waals surface area (Å²) in [5, 5.41) is 14.5. The molecule has 0 amide bonds. The summed E-state index contributed by atoms with van der Waals surface area (Å²) in [7, 11) is 3.60. The summed E-state index contributed by atoms with van der Waals surface area (Å²) in [6, 6.07) is 9.87. The number of rotatable bonds is 12. The number of nitrogens with one attached hydrogen (secondary N) is 1. The standard InChI is InChI=1S/C33H42F2N5O5/c1-6-44-30(41)19-40(4,5)20-45-32(42)22-7-10-25(11-8-22)33(3,43)27-12-9-24(18-37-27)26-15-21(2)16-29(38-26)39-28-17-23(31(34)35)13-14-36-28/h9,12-18,22,25,31,43H,6-8,10-11,19-20H2,1-5H3,(H,36,38,39)/q+1/t22?,25?,33-/m1/s1. The number of ether oxygens (including phenoxy) is 2. The Morgan fingerprint density at radius 1 is 1.07 bits per heavy atom. The van der Waals surface area contributed by atoms with Crippen LogP contribution in [0.4, 0.5) is 20.4 Å². The van der Waals surface area contributed by atoms with E-state index in [1.807, 2.05) is 19.1 Å². The van der Waals surface area contributed by atoms with Crippen LogP contribution < -0.4 is 5.32 Å². The SMILES string of the molecule is CCOC(=O)C[N+](C)(C)COC(=O)C1CCC([C@@](C)(O)c2ccc(-c3cc(C)cc(Nc4cc(C(F)F)ccn4)n3)cn2)CC1. The van der Waals surface area contributed by atoms with Gasteiger partial charge in [-0.25, -0.2) is 23.5 Å². The van der Waals surface area contributed by atoms with Crippen molar-refractivity contribution in [1.29, 1.82) is 0 Å². The number of anilines is 2. The molecule has 3 aromatic rings. The van der Waals surface area contributed by atoms with E-state index in [-0.39, 0.29) is 52.9 Å². The minimum Gasteiger partial charge on any atom is -0.462 e. The van der Waals surface area contributed by atoms with E-state index in [2.05, 4.69) is 20.3 Å². The maximum absolute atomic E-state index is 13.1.